The van der Waals surface area contributed by atoms with Crippen molar-refractivity contribution >= 4 is 12.0 Å². The third-order valence-electron chi connectivity index (χ3n) is 3.00. The van der Waals surface area contributed by atoms with Crippen molar-refractivity contribution in [1.82, 2.24) is 15.6 Å². The van der Waals surface area contributed by atoms with E-state index in [9.17, 15) is 9.59 Å². The van der Waals surface area contributed by atoms with E-state index in [4.69, 9.17) is 5.11 Å². The number of pyridine rings is 1. The standard InChI is InChI=1S/C14H21N3O3/c1-4-10-6-5-7-15-11(10)8-16-14(20)17-12(9(2)3)13(18)19/h5-7,9,12H,4,8H2,1-3H3,(H,18,19)(H2,16,17,20)/t12-/m0/s1. The lowest BCUT2D eigenvalue weighted by Crippen LogP contribution is -2.48. The van der Waals surface area contributed by atoms with Gasteiger partial charge in [0.15, 0.2) is 0 Å². The molecule has 1 aromatic rings. The van der Waals surface area contributed by atoms with Gasteiger partial charge in [0.1, 0.15) is 6.04 Å². The molecule has 1 heterocycles. The SMILES string of the molecule is CCc1cccnc1CNC(=O)N[C@H](C(=O)O)C(C)C. The highest BCUT2D eigenvalue weighted by atomic mass is 16.4. The molecule has 0 aromatic carbocycles. The molecule has 6 nitrogen and oxygen atoms in total. The maximum atomic E-state index is 11.7. The monoisotopic (exact) mass is 279 g/mol. The highest BCUT2D eigenvalue weighted by molar-refractivity contribution is 5.82. The average Bonchev–Trinajstić information content (AvgIpc) is 2.42. The van der Waals surface area contributed by atoms with Crippen LogP contribution in [-0.2, 0) is 17.8 Å². The second-order valence-electron chi connectivity index (χ2n) is 4.85. The molecule has 20 heavy (non-hydrogen) atoms. The molecule has 0 fully saturated rings. The van der Waals surface area contributed by atoms with Gasteiger partial charge in [-0.05, 0) is 24.0 Å². The number of hydrogen-bond donors (Lipinski definition) is 3. The topological polar surface area (TPSA) is 91.3 Å². The number of hydrogen-bond acceptors (Lipinski definition) is 3. The zero-order valence-corrected chi connectivity index (χ0v) is 12.0. The number of urea groups is 1. The number of aryl methyl sites for hydroxylation is 1. The molecule has 0 aliphatic carbocycles. The van der Waals surface area contributed by atoms with E-state index < -0.39 is 18.0 Å². The van der Waals surface area contributed by atoms with Gasteiger partial charge in [-0.15, -0.1) is 0 Å². The maximum Gasteiger partial charge on any atom is 0.326 e. The number of nitrogens with zero attached hydrogens (tertiary/aromatic N) is 1. The molecule has 1 aromatic heterocycles. The summed E-state index contributed by atoms with van der Waals surface area (Å²) >= 11 is 0. The van der Waals surface area contributed by atoms with Crippen LogP contribution in [0.2, 0.25) is 0 Å². The van der Waals surface area contributed by atoms with Crippen molar-refractivity contribution in [3.05, 3.63) is 29.6 Å². The Morgan fingerprint density at radius 2 is 2.10 bits per heavy atom. The summed E-state index contributed by atoms with van der Waals surface area (Å²) in [5.41, 5.74) is 1.85. The molecule has 2 amide bonds. The highest BCUT2D eigenvalue weighted by Gasteiger charge is 2.23. The Morgan fingerprint density at radius 3 is 2.65 bits per heavy atom. The molecule has 0 aliphatic heterocycles. The lowest BCUT2D eigenvalue weighted by molar-refractivity contribution is -0.140. The maximum absolute atomic E-state index is 11.7. The van der Waals surface area contributed by atoms with Crippen molar-refractivity contribution in [2.45, 2.75) is 39.8 Å². The molecule has 1 rings (SSSR count). The van der Waals surface area contributed by atoms with Crippen LogP contribution in [0.25, 0.3) is 0 Å². The summed E-state index contributed by atoms with van der Waals surface area (Å²) in [6.07, 6.45) is 2.50. The van der Waals surface area contributed by atoms with Crippen LogP contribution in [0.1, 0.15) is 32.0 Å². The molecule has 110 valence electrons. The van der Waals surface area contributed by atoms with Gasteiger partial charge in [0, 0.05) is 6.20 Å². The van der Waals surface area contributed by atoms with E-state index in [1.807, 2.05) is 19.1 Å². The highest BCUT2D eigenvalue weighted by Crippen LogP contribution is 2.06. The van der Waals surface area contributed by atoms with E-state index in [0.717, 1.165) is 17.7 Å². The minimum absolute atomic E-state index is 0.181. The Kier molecular flexibility index (Phi) is 5.96. The zero-order valence-electron chi connectivity index (χ0n) is 12.0. The lowest BCUT2D eigenvalue weighted by atomic mass is 10.1. The molecule has 0 saturated carbocycles. The molecule has 6 heteroatoms. The minimum Gasteiger partial charge on any atom is -0.480 e. The third-order valence-corrected chi connectivity index (χ3v) is 3.00. The average molecular weight is 279 g/mol. The number of rotatable bonds is 6. The summed E-state index contributed by atoms with van der Waals surface area (Å²) < 4.78 is 0. The number of carboxylic acids is 1. The second kappa shape index (κ2) is 7.47. The lowest BCUT2D eigenvalue weighted by Gasteiger charge is -2.18. The van der Waals surface area contributed by atoms with Crippen molar-refractivity contribution in [2.75, 3.05) is 0 Å². The van der Waals surface area contributed by atoms with Gasteiger partial charge in [-0.3, -0.25) is 4.98 Å². The summed E-state index contributed by atoms with van der Waals surface area (Å²) in [7, 11) is 0. The summed E-state index contributed by atoms with van der Waals surface area (Å²) in [5.74, 6) is -1.22. The van der Waals surface area contributed by atoms with E-state index in [1.165, 1.54) is 0 Å². The van der Waals surface area contributed by atoms with E-state index in [2.05, 4.69) is 15.6 Å². The fraction of sp³-hybridized carbons (Fsp3) is 0.500. The van der Waals surface area contributed by atoms with Crippen molar-refractivity contribution in [3.8, 4) is 0 Å². The minimum atomic E-state index is -1.04. The number of aromatic nitrogens is 1. The van der Waals surface area contributed by atoms with Crippen LogP contribution in [0.3, 0.4) is 0 Å². The van der Waals surface area contributed by atoms with Crippen LogP contribution in [-0.4, -0.2) is 28.1 Å². The van der Waals surface area contributed by atoms with E-state index >= 15 is 0 Å². The fourth-order valence-electron chi connectivity index (χ4n) is 1.82. The van der Waals surface area contributed by atoms with E-state index in [1.54, 1.807) is 20.0 Å². The van der Waals surface area contributed by atoms with Crippen LogP contribution in [0.4, 0.5) is 4.79 Å². The van der Waals surface area contributed by atoms with Gasteiger partial charge in [-0.1, -0.05) is 26.8 Å². The number of carbonyl (C=O) groups excluding carboxylic acids is 1. The van der Waals surface area contributed by atoms with Crippen LogP contribution in [0.15, 0.2) is 18.3 Å². The van der Waals surface area contributed by atoms with Crippen molar-refractivity contribution in [1.29, 1.82) is 0 Å². The van der Waals surface area contributed by atoms with Crippen molar-refractivity contribution in [3.63, 3.8) is 0 Å². The quantitative estimate of drug-likeness (QED) is 0.737. The number of nitrogens with one attached hydrogen (secondary N) is 2. The number of carbonyl (C=O) groups is 2. The van der Waals surface area contributed by atoms with Gasteiger partial charge in [-0.25, -0.2) is 9.59 Å². The van der Waals surface area contributed by atoms with Gasteiger partial charge in [0.05, 0.1) is 12.2 Å². The van der Waals surface area contributed by atoms with Crippen LogP contribution >= 0.6 is 0 Å². The van der Waals surface area contributed by atoms with E-state index in [0.29, 0.717) is 0 Å². The van der Waals surface area contributed by atoms with Gasteiger partial charge in [0.25, 0.3) is 0 Å². The Hall–Kier alpha value is -2.11. The first-order valence-electron chi connectivity index (χ1n) is 6.65. The Bertz CT molecular complexity index is 474. The van der Waals surface area contributed by atoms with Crippen LogP contribution in [0, 0.1) is 5.92 Å². The molecule has 3 N–H and O–H groups in total. The molecular formula is C14H21N3O3. The molecule has 0 aliphatic rings. The molecule has 1 atom stereocenters. The first-order chi connectivity index (χ1) is 9.45. The molecular weight excluding hydrogens is 258 g/mol. The van der Waals surface area contributed by atoms with Gasteiger partial charge in [-0.2, -0.15) is 0 Å². The Labute approximate surface area is 118 Å². The van der Waals surface area contributed by atoms with Gasteiger partial charge >= 0.3 is 12.0 Å². The third kappa shape index (κ3) is 4.53. The normalized spacial score (nSPS) is 12.0. The molecule has 0 spiro atoms. The summed E-state index contributed by atoms with van der Waals surface area (Å²) in [6, 6.07) is 2.40. The van der Waals surface area contributed by atoms with Crippen LogP contribution in [0.5, 0.6) is 0 Å². The number of carboxylic acid groups (broad SMARTS) is 1. The Balaban J connectivity index is 2.57. The molecule has 0 unspecified atom stereocenters. The summed E-state index contributed by atoms with van der Waals surface area (Å²) in [5, 5.41) is 14.1. The molecule has 0 radical (unpaired) electrons. The first kappa shape index (κ1) is 15.9. The van der Waals surface area contributed by atoms with Crippen LogP contribution < -0.4 is 10.6 Å². The zero-order chi connectivity index (χ0) is 15.1. The smallest absolute Gasteiger partial charge is 0.326 e. The summed E-state index contributed by atoms with van der Waals surface area (Å²) in [6.45, 7) is 5.78. The number of amides is 2. The molecule has 0 bridgehead atoms. The summed E-state index contributed by atoms with van der Waals surface area (Å²) in [4.78, 5) is 26.9. The van der Waals surface area contributed by atoms with Gasteiger partial charge < -0.3 is 15.7 Å². The fourth-order valence-corrected chi connectivity index (χ4v) is 1.82. The van der Waals surface area contributed by atoms with Gasteiger partial charge in [0.2, 0.25) is 0 Å². The predicted molar refractivity (Wildman–Crippen MR) is 75.2 cm³/mol. The predicted octanol–water partition coefficient (Wildman–Crippen LogP) is 1.55. The van der Waals surface area contributed by atoms with Crippen molar-refractivity contribution in [2.24, 2.45) is 5.92 Å². The Morgan fingerprint density at radius 1 is 1.40 bits per heavy atom. The number of aliphatic carboxylic acids is 1. The van der Waals surface area contributed by atoms with E-state index in [-0.39, 0.29) is 12.5 Å². The first-order valence-corrected chi connectivity index (χ1v) is 6.65. The van der Waals surface area contributed by atoms with Crippen molar-refractivity contribution < 1.29 is 14.7 Å². The second-order valence-corrected chi connectivity index (χ2v) is 4.85. The molecule has 0 saturated heterocycles. The largest absolute Gasteiger partial charge is 0.480 e.